The Balaban J connectivity index is 2.55. The van der Waals surface area contributed by atoms with E-state index in [-0.39, 0.29) is 5.78 Å². The average Bonchev–Trinajstić information content (AvgIpc) is 2.38. The van der Waals surface area contributed by atoms with E-state index in [2.05, 4.69) is 0 Å². The van der Waals surface area contributed by atoms with Crippen LogP contribution >= 0.6 is 23.2 Å². The molecule has 0 aliphatic rings. The van der Waals surface area contributed by atoms with E-state index >= 15 is 0 Å². The predicted molar refractivity (Wildman–Crippen MR) is 85.0 cm³/mol. The maximum Gasteiger partial charge on any atom is 0.193 e. The first-order valence-electron chi connectivity index (χ1n) is 6.18. The summed E-state index contributed by atoms with van der Waals surface area (Å²) >= 11 is 12.0. The highest BCUT2D eigenvalue weighted by molar-refractivity contribution is 6.39. The van der Waals surface area contributed by atoms with Gasteiger partial charge in [0, 0.05) is 11.1 Å². The van der Waals surface area contributed by atoms with Crippen LogP contribution < -0.4 is 5.73 Å². The van der Waals surface area contributed by atoms with Gasteiger partial charge in [-0.15, -0.1) is 0 Å². The van der Waals surface area contributed by atoms with Crippen LogP contribution in [0.1, 0.15) is 32.6 Å². The molecule has 0 heterocycles. The molecule has 0 fully saturated rings. The minimum absolute atomic E-state index is 0.102. The van der Waals surface area contributed by atoms with Crippen molar-refractivity contribution in [1.82, 2.24) is 0 Å². The maximum absolute atomic E-state index is 12.6. The number of carbonyl (C=O) groups excluding carboxylic acids is 1. The van der Waals surface area contributed by atoms with Crippen LogP contribution in [0.25, 0.3) is 0 Å². The second-order valence-electron chi connectivity index (χ2n) is 4.93. The molecule has 2 N–H and O–H groups in total. The Morgan fingerprint density at radius 2 is 1.40 bits per heavy atom. The van der Waals surface area contributed by atoms with Gasteiger partial charge in [-0.2, -0.15) is 0 Å². The second kappa shape index (κ2) is 5.47. The fraction of sp³-hybridized carbons (Fsp3) is 0.188. The highest BCUT2D eigenvalue weighted by Crippen LogP contribution is 2.30. The lowest BCUT2D eigenvalue weighted by Crippen LogP contribution is -2.06. The number of ketones is 1. The molecule has 0 atom stereocenters. The van der Waals surface area contributed by atoms with Crippen LogP contribution in [0.15, 0.2) is 24.3 Å². The molecule has 2 aromatic carbocycles. The number of nitrogen functional groups attached to an aromatic ring is 1. The van der Waals surface area contributed by atoms with Crippen LogP contribution in [0.3, 0.4) is 0 Å². The van der Waals surface area contributed by atoms with Gasteiger partial charge in [0.25, 0.3) is 0 Å². The average molecular weight is 308 g/mol. The third kappa shape index (κ3) is 2.67. The number of anilines is 1. The predicted octanol–water partition coefficient (Wildman–Crippen LogP) is 4.73. The van der Waals surface area contributed by atoms with Crippen molar-refractivity contribution in [2.24, 2.45) is 0 Å². The summed E-state index contributed by atoms with van der Waals surface area (Å²) < 4.78 is 0. The van der Waals surface area contributed by atoms with Gasteiger partial charge in [0.15, 0.2) is 5.78 Å². The van der Waals surface area contributed by atoms with Gasteiger partial charge in [-0.05, 0) is 55.7 Å². The summed E-state index contributed by atoms with van der Waals surface area (Å²) in [5, 5.41) is 0.588. The van der Waals surface area contributed by atoms with Gasteiger partial charge in [0.2, 0.25) is 0 Å². The monoisotopic (exact) mass is 307 g/mol. The lowest BCUT2D eigenvalue weighted by atomic mass is 9.95. The Hall–Kier alpha value is -1.51. The fourth-order valence-electron chi connectivity index (χ4n) is 2.08. The van der Waals surface area contributed by atoms with Crippen molar-refractivity contribution in [2.75, 3.05) is 5.73 Å². The molecular formula is C16H15Cl2NO. The quantitative estimate of drug-likeness (QED) is 0.643. The van der Waals surface area contributed by atoms with E-state index in [9.17, 15) is 4.79 Å². The van der Waals surface area contributed by atoms with Crippen molar-refractivity contribution >= 4 is 34.7 Å². The van der Waals surface area contributed by atoms with Crippen molar-refractivity contribution in [2.45, 2.75) is 20.8 Å². The molecule has 0 saturated carbocycles. The van der Waals surface area contributed by atoms with E-state index < -0.39 is 0 Å². The highest BCUT2D eigenvalue weighted by atomic mass is 35.5. The number of rotatable bonds is 2. The number of aryl methyl sites for hydroxylation is 3. The largest absolute Gasteiger partial charge is 0.396 e. The zero-order valence-corrected chi connectivity index (χ0v) is 13.1. The lowest BCUT2D eigenvalue weighted by Gasteiger charge is -2.10. The van der Waals surface area contributed by atoms with Gasteiger partial charge in [-0.1, -0.05) is 29.3 Å². The van der Waals surface area contributed by atoms with Crippen molar-refractivity contribution in [3.63, 3.8) is 0 Å². The standard InChI is InChI=1S/C16H15Cl2NO/c1-8-4-10(3)12(5-9(8)2)16(20)11-6-13(17)15(19)14(18)7-11/h4-7H,19H2,1-3H3. The Bertz CT molecular complexity index is 685. The Kier molecular flexibility index (Phi) is 4.07. The van der Waals surface area contributed by atoms with Gasteiger partial charge in [0.1, 0.15) is 0 Å². The van der Waals surface area contributed by atoms with Crippen LogP contribution in [0.2, 0.25) is 10.0 Å². The van der Waals surface area contributed by atoms with Crippen LogP contribution in [0.4, 0.5) is 5.69 Å². The molecule has 4 heteroatoms. The molecule has 0 amide bonds. The molecule has 0 saturated heterocycles. The molecule has 20 heavy (non-hydrogen) atoms. The van der Waals surface area contributed by atoms with Crippen molar-refractivity contribution in [3.05, 3.63) is 62.1 Å². The van der Waals surface area contributed by atoms with Gasteiger partial charge in [-0.3, -0.25) is 4.79 Å². The van der Waals surface area contributed by atoms with E-state index in [0.717, 1.165) is 16.7 Å². The SMILES string of the molecule is Cc1cc(C)c(C(=O)c2cc(Cl)c(N)c(Cl)c2)cc1C. The van der Waals surface area contributed by atoms with Crippen molar-refractivity contribution in [1.29, 1.82) is 0 Å². The van der Waals surface area contributed by atoms with Crippen molar-refractivity contribution < 1.29 is 4.79 Å². The number of benzene rings is 2. The highest BCUT2D eigenvalue weighted by Gasteiger charge is 2.16. The van der Waals surface area contributed by atoms with Gasteiger partial charge in [0.05, 0.1) is 15.7 Å². The molecule has 0 aliphatic carbocycles. The summed E-state index contributed by atoms with van der Waals surface area (Å²) in [7, 11) is 0. The zero-order valence-electron chi connectivity index (χ0n) is 11.6. The van der Waals surface area contributed by atoms with Crippen molar-refractivity contribution in [3.8, 4) is 0 Å². The third-order valence-corrected chi connectivity index (χ3v) is 4.05. The number of halogens is 2. The number of hydrogen-bond acceptors (Lipinski definition) is 2. The van der Waals surface area contributed by atoms with Crippen LogP contribution in [0.5, 0.6) is 0 Å². The molecule has 0 aliphatic heterocycles. The first-order valence-corrected chi connectivity index (χ1v) is 6.94. The summed E-state index contributed by atoms with van der Waals surface area (Å²) in [5.74, 6) is -0.102. The van der Waals surface area contributed by atoms with E-state index in [1.165, 1.54) is 0 Å². The maximum atomic E-state index is 12.6. The molecule has 0 aromatic heterocycles. The minimum atomic E-state index is -0.102. The summed E-state index contributed by atoms with van der Waals surface area (Å²) in [6.45, 7) is 5.92. The molecule has 104 valence electrons. The second-order valence-corrected chi connectivity index (χ2v) is 5.75. The van der Waals surface area contributed by atoms with E-state index in [1.807, 2.05) is 32.9 Å². The number of nitrogens with two attached hydrogens (primary N) is 1. The van der Waals surface area contributed by atoms with E-state index in [0.29, 0.717) is 26.9 Å². The first-order chi connectivity index (χ1) is 9.31. The van der Waals surface area contributed by atoms with Gasteiger partial charge < -0.3 is 5.73 Å². The molecule has 0 radical (unpaired) electrons. The molecule has 2 rings (SSSR count). The van der Waals surface area contributed by atoms with E-state index in [4.69, 9.17) is 28.9 Å². The summed E-state index contributed by atoms with van der Waals surface area (Å²) in [6.07, 6.45) is 0. The Morgan fingerprint density at radius 1 is 0.900 bits per heavy atom. The molecule has 2 nitrogen and oxygen atoms in total. The zero-order chi connectivity index (χ0) is 15.0. The normalized spacial score (nSPS) is 10.7. The van der Waals surface area contributed by atoms with Crippen LogP contribution in [-0.4, -0.2) is 5.78 Å². The molecular weight excluding hydrogens is 293 g/mol. The topological polar surface area (TPSA) is 43.1 Å². The molecule has 2 aromatic rings. The van der Waals surface area contributed by atoms with Crippen LogP contribution in [0, 0.1) is 20.8 Å². The first kappa shape index (κ1) is 14.9. The molecule has 0 bridgehead atoms. The number of hydrogen-bond donors (Lipinski definition) is 1. The number of carbonyl (C=O) groups is 1. The van der Waals surface area contributed by atoms with E-state index in [1.54, 1.807) is 12.1 Å². The Labute approximate surface area is 128 Å². The lowest BCUT2D eigenvalue weighted by molar-refractivity contribution is 0.103. The van der Waals surface area contributed by atoms with Crippen LogP contribution in [-0.2, 0) is 0 Å². The molecule has 0 unspecified atom stereocenters. The Morgan fingerprint density at radius 3 is 1.95 bits per heavy atom. The molecule has 0 spiro atoms. The summed E-state index contributed by atoms with van der Waals surface area (Å²) in [5.41, 5.74) is 10.3. The van der Waals surface area contributed by atoms with Gasteiger partial charge >= 0.3 is 0 Å². The minimum Gasteiger partial charge on any atom is -0.396 e. The fourth-order valence-corrected chi connectivity index (χ4v) is 2.56. The summed E-state index contributed by atoms with van der Waals surface area (Å²) in [4.78, 5) is 12.6. The van der Waals surface area contributed by atoms with Gasteiger partial charge in [-0.25, -0.2) is 0 Å². The smallest absolute Gasteiger partial charge is 0.193 e. The third-order valence-electron chi connectivity index (χ3n) is 3.43. The summed E-state index contributed by atoms with van der Waals surface area (Å²) in [6, 6.07) is 7.01.